The fourth-order valence-electron chi connectivity index (χ4n) is 4.56. The molecule has 0 aliphatic rings. The quantitative estimate of drug-likeness (QED) is 0.0965. The van der Waals surface area contributed by atoms with Crippen LogP contribution in [0.25, 0.3) is 17.4 Å². The molecule has 238 valence electrons. The van der Waals surface area contributed by atoms with Gasteiger partial charge in [0.05, 0.1) is 17.9 Å². The van der Waals surface area contributed by atoms with Crippen molar-refractivity contribution in [2.75, 3.05) is 17.7 Å². The average Bonchev–Trinajstić information content (AvgIpc) is 3.56. The molecular weight excluding hydrogens is 634 g/mol. The molecule has 47 heavy (non-hydrogen) atoms. The normalized spacial score (nSPS) is 11.8. The summed E-state index contributed by atoms with van der Waals surface area (Å²) in [7, 11) is 1.58. The zero-order valence-corrected chi connectivity index (χ0v) is 27.4. The maximum atomic E-state index is 13.5. The minimum absolute atomic E-state index is 0.0140. The fourth-order valence-corrected chi connectivity index (χ4v) is 5.60. The molecule has 5 aromatic rings. The van der Waals surface area contributed by atoms with Gasteiger partial charge in [-0.2, -0.15) is 0 Å². The van der Waals surface area contributed by atoms with Gasteiger partial charge in [-0.15, -0.1) is 11.8 Å². The third-order valence-electron chi connectivity index (χ3n) is 7.13. The molecule has 0 fully saturated rings. The van der Waals surface area contributed by atoms with Gasteiger partial charge in [0, 0.05) is 32.9 Å². The van der Waals surface area contributed by atoms with Crippen molar-refractivity contribution in [3.63, 3.8) is 0 Å². The van der Waals surface area contributed by atoms with Gasteiger partial charge in [-0.3, -0.25) is 14.4 Å². The van der Waals surface area contributed by atoms with Gasteiger partial charge in [-0.25, -0.2) is 0 Å². The van der Waals surface area contributed by atoms with E-state index < -0.39 is 17.1 Å². The van der Waals surface area contributed by atoms with Crippen LogP contribution in [0.1, 0.15) is 28.6 Å². The lowest BCUT2D eigenvalue weighted by Crippen LogP contribution is -2.30. The molecule has 0 aliphatic carbocycles. The highest BCUT2D eigenvalue weighted by atomic mass is 35.5. The zero-order chi connectivity index (χ0) is 33.3. The molecule has 3 N–H and O–H groups in total. The van der Waals surface area contributed by atoms with Crippen LogP contribution in [-0.4, -0.2) is 30.1 Å². The van der Waals surface area contributed by atoms with Crippen LogP contribution < -0.4 is 20.7 Å². The van der Waals surface area contributed by atoms with Crippen LogP contribution in [0.4, 0.5) is 11.4 Å². The SMILES string of the molecule is COc1ccccc1-c1ccc(/C=C(/NC(=O)c2ccccc2)C(=O)Nc2ccc(SC(C)C(=O)Nc3cccc(Cl)c3C)cc2)o1. The van der Waals surface area contributed by atoms with E-state index in [1.807, 2.05) is 56.3 Å². The third kappa shape index (κ3) is 8.52. The number of thioether (sulfide) groups is 1. The Balaban J connectivity index is 1.30. The molecule has 10 heteroatoms. The number of benzene rings is 4. The molecule has 1 unspecified atom stereocenters. The largest absolute Gasteiger partial charge is 0.496 e. The summed E-state index contributed by atoms with van der Waals surface area (Å²) in [5, 5.41) is 8.67. The second-order valence-corrected chi connectivity index (χ2v) is 12.2. The molecule has 3 amide bonds. The van der Waals surface area contributed by atoms with E-state index in [1.54, 1.807) is 73.8 Å². The summed E-state index contributed by atoms with van der Waals surface area (Å²) in [6, 6.07) is 32.0. The molecule has 1 atom stereocenters. The molecule has 1 aromatic heterocycles. The molecule has 0 aliphatic heterocycles. The Kier molecular flexibility index (Phi) is 10.8. The average molecular weight is 666 g/mol. The van der Waals surface area contributed by atoms with Gasteiger partial charge < -0.3 is 25.1 Å². The maximum absolute atomic E-state index is 13.5. The van der Waals surface area contributed by atoms with Gasteiger partial charge in [0.2, 0.25) is 5.91 Å². The second kappa shape index (κ2) is 15.4. The summed E-state index contributed by atoms with van der Waals surface area (Å²) >= 11 is 7.56. The van der Waals surface area contributed by atoms with Crippen LogP contribution in [0.3, 0.4) is 0 Å². The number of ether oxygens (including phenoxy) is 1. The first kappa shape index (κ1) is 33.1. The highest BCUT2D eigenvalue weighted by Gasteiger charge is 2.19. The van der Waals surface area contributed by atoms with Crippen molar-refractivity contribution in [3.05, 3.63) is 137 Å². The lowest BCUT2D eigenvalue weighted by molar-refractivity contribution is -0.115. The highest BCUT2D eigenvalue weighted by molar-refractivity contribution is 8.00. The van der Waals surface area contributed by atoms with E-state index in [4.69, 9.17) is 20.8 Å². The van der Waals surface area contributed by atoms with Crippen LogP contribution in [0.2, 0.25) is 5.02 Å². The predicted molar refractivity (Wildman–Crippen MR) is 188 cm³/mol. The van der Waals surface area contributed by atoms with Crippen molar-refractivity contribution in [1.29, 1.82) is 0 Å². The van der Waals surface area contributed by atoms with E-state index in [2.05, 4.69) is 16.0 Å². The molecule has 0 bridgehead atoms. The number of carbonyl (C=O) groups excluding carboxylic acids is 3. The first-order valence-corrected chi connectivity index (χ1v) is 15.9. The Morgan fingerprint density at radius 2 is 1.57 bits per heavy atom. The Bertz CT molecular complexity index is 1920. The number of anilines is 2. The van der Waals surface area contributed by atoms with Gasteiger partial charge >= 0.3 is 0 Å². The van der Waals surface area contributed by atoms with E-state index in [9.17, 15) is 14.4 Å². The fraction of sp³-hybridized carbons (Fsp3) is 0.108. The number of amides is 3. The molecular formula is C37H32ClN3O5S. The molecule has 0 radical (unpaired) electrons. The predicted octanol–water partition coefficient (Wildman–Crippen LogP) is 8.45. The molecule has 0 saturated carbocycles. The summed E-state index contributed by atoms with van der Waals surface area (Å²) < 4.78 is 11.5. The number of hydrogen-bond donors (Lipinski definition) is 3. The minimum atomic E-state index is -0.547. The molecule has 8 nitrogen and oxygen atoms in total. The van der Waals surface area contributed by atoms with E-state index in [1.165, 1.54) is 17.8 Å². The zero-order valence-electron chi connectivity index (χ0n) is 25.9. The summed E-state index contributed by atoms with van der Waals surface area (Å²) in [5.74, 6) is 0.386. The molecule has 0 spiro atoms. The summed E-state index contributed by atoms with van der Waals surface area (Å²) in [4.78, 5) is 40.2. The van der Waals surface area contributed by atoms with Crippen LogP contribution in [0.15, 0.2) is 124 Å². The Hall–Kier alpha value is -5.25. The van der Waals surface area contributed by atoms with Crippen molar-refractivity contribution < 1.29 is 23.5 Å². The van der Waals surface area contributed by atoms with E-state index in [0.717, 1.165) is 16.0 Å². The summed E-state index contributed by atoms with van der Waals surface area (Å²) in [6.07, 6.45) is 1.47. The van der Waals surface area contributed by atoms with Gasteiger partial charge in [-0.05, 0) is 92.2 Å². The Morgan fingerprint density at radius 1 is 0.851 bits per heavy atom. The van der Waals surface area contributed by atoms with Crippen LogP contribution in [0.5, 0.6) is 5.75 Å². The molecule has 0 saturated heterocycles. The van der Waals surface area contributed by atoms with Gasteiger partial charge in [0.15, 0.2) is 0 Å². The van der Waals surface area contributed by atoms with E-state index in [-0.39, 0.29) is 11.6 Å². The third-order valence-corrected chi connectivity index (χ3v) is 8.66. The Morgan fingerprint density at radius 3 is 2.32 bits per heavy atom. The monoisotopic (exact) mass is 665 g/mol. The highest BCUT2D eigenvalue weighted by Crippen LogP contribution is 2.32. The standard InChI is InChI=1S/C37H32ClN3O5S/c1-23-30(38)13-9-14-31(23)40-35(42)24(2)47-28-19-16-26(17-20-28)39-37(44)32(41-36(43)25-10-5-4-6-11-25)22-27-18-21-34(46-27)29-12-7-8-15-33(29)45-3/h4-22,24H,1-3H3,(H,39,44)(H,40,42)(H,41,43)/b32-22+. The van der Waals surface area contributed by atoms with Crippen molar-refractivity contribution >= 4 is 58.5 Å². The Labute approximate surface area is 282 Å². The number of para-hydroxylation sites is 1. The number of hydrogen-bond acceptors (Lipinski definition) is 6. The van der Waals surface area contributed by atoms with Crippen molar-refractivity contribution in [1.82, 2.24) is 5.32 Å². The molecule has 4 aromatic carbocycles. The van der Waals surface area contributed by atoms with Crippen molar-refractivity contribution in [3.8, 4) is 17.1 Å². The van der Waals surface area contributed by atoms with Crippen LogP contribution >= 0.6 is 23.4 Å². The van der Waals surface area contributed by atoms with Gasteiger partial charge in [0.25, 0.3) is 11.8 Å². The van der Waals surface area contributed by atoms with Gasteiger partial charge in [-0.1, -0.05) is 48.0 Å². The van der Waals surface area contributed by atoms with E-state index in [0.29, 0.717) is 39.2 Å². The van der Waals surface area contributed by atoms with E-state index >= 15 is 0 Å². The number of halogens is 1. The van der Waals surface area contributed by atoms with Crippen LogP contribution in [-0.2, 0) is 9.59 Å². The first-order chi connectivity index (χ1) is 22.7. The molecule has 1 heterocycles. The van der Waals surface area contributed by atoms with Crippen molar-refractivity contribution in [2.24, 2.45) is 0 Å². The lowest BCUT2D eigenvalue weighted by atomic mass is 10.1. The summed E-state index contributed by atoms with van der Waals surface area (Å²) in [5.41, 5.74) is 3.10. The first-order valence-electron chi connectivity index (χ1n) is 14.7. The number of nitrogens with one attached hydrogen (secondary N) is 3. The lowest BCUT2D eigenvalue weighted by Gasteiger charge is -2.15. The number of furan rings is 1. The maximum Gasteiger partial charge on any atom is 0.272 e. The number of rotatable bonds is 11. The minimum Gasteiger partial charge on any atom is -0.496 e. The topological polar surface area (TPSA) is 110 Å². The van der Waals surface area contributed by atoms with Crippen molar-refractivity contribution in [2.45, 2.75) is 24.0 Å². The number of methoxy groups -OCH3 is 1. The van der Waals surface area contributed by atoms with Gasteiger partial charge in [0.1, 0.15) is 23.0 Å². The summed E-state index contributed by atoms with van der Waals surface area (Å²) in [6.45, 7) is 3.67. The van der Waals surface area contributed by atoms with Crippen LogP contribution in [0, 0.1) is 6.92 Å². The smallest absolute Gasteiger partial charge is 0.272 e. The number of carbonyl (C=O) groups is 3. The second-order valence-electron chi connectivity index (χ2n) is 10.4. The molecule has 5 rings (SSSR count).